The van der Waals surface area contributed by atoms with E-state index in [2.05, 4.69) is 44.0 Å². The SMILES string of the molecule is CC(C)=C/C=C/C(C)=C/C=Nc1ccccc1. The fraction of sp³-hybridized carbons (Fsp3) is 0.188. The number of benzene rings is 1. The van der Waals surface area contributed by atoms with Crippen LogP contribution in [0.25, 0.3) is 0 Å². The lowest BCUT2D eigenvalue weighted by molar-refractivity contribution is 1.39. The number of para-hydroxylation sites is 1. The van der Waals surface area contributed by atoms with Crippen molar-refractivity contribution in [2.45, 2.75) is 20.8 Å². The minimum Gasteiger partial charge on any atom is -0.257 e. The predicted octanol–water partition coefficient (Wildman–Crippen LogP) is 4.86. The summed E-state index contributed by atoms with van der Waals surface area (Å²) in [6.07, 6.45) is 10.0. The van der Waals surface area contributed by atoms with E-state index in [9.17, 15) is 0 Å². The summed E-state index contributed by atoms with van der Waals surface area (Å²) in [4.78, 5) is 4.34. The molecule has 0 saturated carbocycles. The van der Waals surface area contributed by atoms with Crippen LogP contribution in [0.4, 0.5) is 5.69 Å². The van der Waals surface area contributed by atoms with Gasteiger partial charge in [0, 0.05) is 6.21 Å². The largest absolute Gasteiger partial charge is 0.257 e. The highest BCUT2D eigenvalue weighted by Gasteiger charge is 1.82. The quantitative estimate of drug-likeness (QED) is 0.512. The van der Waals surface area contributed by atoms with Crippen molar-refractivity contribution >= 4 is 11.9 Å². The minimum absolute atomic E-state index is 0.977. The molecule has 0 radical (unpaired) electrons. The van der Waals surface area contributed by atoms with Crippen molar-refractivity contribution in [3.63, 3.8) is 0 Å². The molecule has 88 valence electrons. The van der Waals surface area contributed by atoms with Gasteiger partial charge < -0.3 is 0 Å². The van der Waals surface area contributed by atoms with E-state index in [0.29, 0.717) is 0 Å². The van der Waals surface area contributed by atoms with Crippen LogP contribution in [-0.2, 0) is 0 Å². The van der Waals surface area contributed by atoms with E-state index in [4.69, 9.17) is 0 Å². The summed E-state index contributed by atoms with van der Waals surface area (Å²) in [5.41, 5.74) is 3.46. The molecule has 0 bridgehead atoms. The first kappa shape index (κ1) is 13.2. The van der Waals surface area contributed by atoms with E-state index < -0.39 is 0 Å². The van der Waals surface area contributed by atoms with Crippen molar-refractivity contribution in [3.05, 3.63) is 65.8 Å². The van der Waals surface area contributed by atoms with Crippen LogP contribution in [0.1, 0.15) is 20.8 Å². The normalized spacial score (nSPS) is 12.3. The summed E-state index contributed by atoms with van der Waals surface area (Å²) in [6.45, 7) is 6.23. The van der Waals surface area contributed by atoms with E-state index in [1.54, 1.807) is 0 Å². The van der Waals surface area contributed by atoms with Crippen LogP contribution in [0.5, 0.6) is 0 Å². The average molecular weight is 225 g/mol. The standard InChI is InChI=1S/C16H19N/c1-14(2)8-7-9-15(3)12-13-17-16-10-5-4-6-11-16/h4-13H,1-3H3/b9-7+,15-12+,17-13?. The van der Waals surface area contributed by atoms with Crippen LogP contribution >= 0.6 is 0 Å². The molecular formula is C16H19N. The topological polar surface area (TPSA) is 12.4 Å². The number of nitrogens with zero attached hydrogens (tertiary/aromatic N) is 1. The van der Waals surface area contributed by atoms with E-state index in [0.717, 1.165) is 5.69 Å². The zero-order chi connectivity index (χ0) is 12.5. The van der Waals surface area contributed by atoms with Gasteiger partial charge >= 0.3 is 0 Å². The molecule has 0 saturated heterocycles. The smallest absolute Gasteiger partial charge is 0.0629 e. The molecule has 1 rings (SSSR count). The van der Waals surface area contributed by atoms with Gasteiger partial charge in [-0.15, -0.1) is 0 Å². The molecule has 0 unspecified atom stereocenters. The Morgan fingerprint density at radius 2 is 1.71 bits per heavy atom. The third-order valence-electron chi connectivity index (χ3n) is 2.11. The second-order valence-electron chi connectivity index (χ2n) is 4.13. The zero-order valence-electron chi connectivity index (χ0n) is 10.7. The number of allylic oxidation sites excluding steroid dienone is 6. The van der Waals surface area contributed by atoms with Crippen molar-refractivity contribution in [1.82, 2.24) is 0 Å². The molecule has 0 heterocycles. The van der Waals surface area contributed by atoms with Gasteiger partial charge in [0.05, 0.1) is 5.69 Å². The Hall–Kier alpha value is -1.89. The molecular weight excluding hydrogens is 206 g/mol. The van der Waals surface area contributed by atoms with Crippen LogP contribution in [0.3, 0.4) is 0 Å². The third-order valence-corrected chi connectivity index (χ3v) is 2.11. The summed E-state index contributed by atoms with van der Waals surface area (Å²) in [7, 11) is 0. The van der Waals surface area contributed by atoms with Crippen LogP contribution in [-0.4, -0.2) is 6.21 Å². The number of rotatable bonds is 4. The highest BCUT2D eigenvalue weighted by Crippen LogP contribution is 2.08. The molecule has 0 spiro atoms. The van der Waals surface area contributed by atoms with Crippen molar-refractivity contribution in [2.75, 3.05) is 0 Å². The summed E-state index contributed by atoms with van der Waals surface area (Å²) in [6, 6.07) is 9.93. The van der Waals surface area contributed by atoms with Gasteiger partial charge in [0.1, 0.15) is 0 Å². The fourth-order valence-corrected chi connectivity index (χ4v) is 1.20. The second-order valence-corrected chi connectivity index (χ2v) is 4.13. The van der Waals surface area contributed by atoms with Crippen LogP contribution in [0.15, 0.2) is 70.8 Å². The maximum atomic E-state index is 4.34. The monoisotopic (exact) mass is 225 g/mol. The number of hydrogen-bond donors (Lipinski definition) is 0. The highest BCUT2D eigenvalue weighted by molar-refractivity contribution is 5.75. The zero-order valence-corrected chi connectivity index (χ0v) is 10.7. The van der Waals surface area contributed by atoms with Gasteiger partial charge in [0.25, 0.3) is 0 Å². The fourth-order valence-electron chi connectivity index (χ4n) is 1.20. The van der Waals surface area contributed by atoms with E-state index in [1.165, 1.54) is 11.1 Å². The first-order valence-electron chi connectivity index (χ1n) is 5.76. The molecule has 0 amide bonds. The molecule has 0 aliphatic carbocycles. The molecule has 1 heteroatoms. The summed E-state index contributed by atoms with van der Waals surface area (Å²) in [5.74, 6) is 0. The van der Waals surface area contributed by atoms with Gasteiger partial charge in [0.15, 0.2) is 0 Å². The third kappa shape index (κ3) is 6.31. The molecule has 0 aliphatic rings. The molecule has 1 aromatic rings. The summed E-state index contributed by atoms with van der Waals surface area (Å²) >= 11 is 0. The second kappa shape index (κ2) is 7.39. The molecule has 0 atom stereocenters. The van der Waals surface area contributed by atoms with E-state index in [1.807, 2.05) is 42.6 Å². The van der Waals surface area contributed by atoms with Gasteiger partial charge in [-0.25, -0.2) is 0 Å². The molecule has 0 fully saturated rings. The average Bonchev–Trinajstić information content (AvgIpc) is 2.30. The van der Waals surface area contributed by atoms with Gasteiger partial charge in [-0.1, -0.05) is 42.0 Å². The summed E-state index contributed by atoms with van der Waals surface area (Å²) in [5, 5.41) is 0. The van der Waals surface area contributed by atoms with Crippen LogP contribution in [0.2, 0.25) is 0 Å². The molecule has 0 aromatic heterocycles. The van der Waals surface area contributed by atoms with Gasteiger partial charge in [-0.05, 0) is 44.6 Å². The van der Waals surface area contributed by atoms with Crippen LogP contribution < -0.4 is 0 Å². The Labute approximate surface area is 104 Å². The molecule has 0 aliphatic heterocycles. The van der Waals surface area contributed by atoms with Crippen molar-refractivity contribution in [1.29, 1.82) is 0 Å². The maximum Gasteiger partial charge on any atom is 0.0629 e. The Kier molecular flexibility index (Phi) is 5.73. The highest BCUT2D eigenvalue weighted by atomic mass is 14.7. The van der Waals surface area contributed by atoms with Crippen molar-refractivity contribution < 1.29 is 0 Å². The lowest BCUT2D eigenvalue weighted by atomic mass is 10.2. The Morgan fingerprint density at radius 1 is 1.00 bits per heavy atom. The molecule has 1 nitrogen and oxygen atoms in total. The number of aliphatic imine (C=N–C) groups is 1. The predicted molar refractivity (Wildman–Crippen MR) is 76.9 cm³/mol. The Balaban J connectivity index is 2.56. The van der Waals surface area contributed by atoms with Gasteiger partial charge in [0.2, 0.25) is 0 Å². The van der Waals surface area contributed by atoms with Crippen molar-refractivity contribution in [2.24, 2.45) is 4.99 Å². The van der Waals surface area contributed by atoms with Gasteiger partial charge in [-0.3, -0.25) is 4.99 Å². The molecule has 0 N–H and O–H groups in total. The lowest BCUT2D eigenvalue weighted by Crippen LogP contribution is -1.71. The van der Waals surface area contributed by atoms with E-state index >= 15 is 0 Å². The van der Waals surface area contributed by atoms with Crippen molar-refractivity contribution in [3.8, 4) is 0 Å². The Morgan fingerprint density at radius 3 is 2.35 bits per heavy atom. The minimum atomic E-state index is 0.977. The van der Waals surface area contributed by atoms with Gasteiger partial charge in [-0.2, -0.15) is 0 Å². The molecule has 1 aromatic carbocycles. The maximum absolute atomic E-state index is 4.34. The lowest BCUT2D eigenvalue weighted by Gasteiger charge is -1.90. The first-order chi connectivity index (χ1) is 8.18. The first-order valence-corrected chi connectivity index (χ1v) is 5.76. The van der Waals surface area contributed by atoms with Crippen LogP contribution in [0, 0.1) is 0 Å². The summed E-state index contributed by atoms with van der Waals surface area (Å²) < 4.78 is 0. The molecule has 17 heavy (non-hydrogen) atoms. The van der Waals surface area contributed by atoms with E-state index in [-0.39, 0.29) is 0 Å². The Bertz CT molecular complexity index is 444. The number of hydrogen-bond acceptors (Lipinski definition) is 1.